The molecule has 0 spiro atoms. The van der Waals surface area contributed by atoms with Crippen molar-refractivity contribution in [2.45, 2.75) is 46.7 Å². The van der Waals surface area contributed by atoms with Crippen molar-refractivity contribution in [3.8, 4) is 0 Å². The molecule has 0 aliphatic heterocycles. The van der Waals surface area contributed by atoms with Gasteiger partial charge in [0.05, 0.1) is 0 Å². The van der Waals surface area contributed by atoms with Crippen molar-refractivity contribution in [2.75, 3.05) is 5.75 Å². The Bertz CT molecular complexity index is 78.2. The molecule has 0 amide bonds. The molecule has 0 saturated heterocycles. The Labute approximate surface area is 81.5 Å². The highest BCUT2D eigenvalue weighted by Gasteiger charge is 2.11. The molecule has 0 rings (SSSR count). The largest absolute Gasteiger partial charge is 0.246 e. The molecule has 0 N–H and O–H groups in total. The molecule has 1 nitrogen and oxygen atoms in total. The summed E-state index contributed by atoms with van der Waals surface area (Å²) < 4.78 is 2.43. The first-order valence-electron chi connectivity index (χ1n) is 4.00. The summed E-state index contributed by atoms with van der Waals surface area (Å²) >= 11 is 1.93. The molecule has 0 unspecified atom stereocenters. The molecule has 0 aliphatic rings. The predicted molar refractivity (Wildman–Crippen MR) is 57.5 cm³/mol. The van der Waals surface area contributed by atoms with Crippen LogP contribution < -0.4 is 0 Å². The maximum absolute atomic E-state index is 2.43. The van der Waals surface area contributed by atoms with Gasteiger partial charge in [0, 0.05) is 17.8 Å². The molecule has 70 valence electrons. The molecule has 0 heterocycles. The lowest BCUT2D eigenvalue weighted by atomic mass is 10.3. The van der Waals surface area contributed by atoms with Crippen molar-refractivity contribution >= 4 is 24.4 Å². The number of nitrogens with zero attached hydrogens (tertiary/aromatic N) is 1. The lowest BCUT2D eigenvalue weighted by Crippen LogP contribution is -2.30. The Balaban J connectivity index is 0. The first-order chi connectivity index (χ1) is 4.59. The van der Waals surface area contributed by atoms with Crippen LogP contribution in [0.5, 0.6) is 0 Å². The molecule has 0 saturated carbocycles. The Morgan fingerprint density at radius 1 is 1.09 bits per heavy atom. The molecule has 3 heteroatoms. The number of hydrogen-bond acceptors (Lipinski definition) is 2. The first kappa shape index (κ1) is 14.1. The smallest absolute Gasteiger partial charge is 0.0148 e. The Kier molecular flexibility index (Phi) is 9.33. The van der Waals surface area contributed by atoms with Gasteiger partial charge >= 0.3 is 0 Å². The van der Waals surface area contributed by atoms with E-state index in [2.05, 4.69) is 38.9 Å². The highest BCUT2D eigenvalue weighted by Crippen LogP contribution is 2.17. The Morgan fingerprint density at radius 2 is 1.45 bits per heavy atom. The van der Waals surface area contributed by atoms with Gasteiger partial charge in [-0.05, 0) is 27.7 Å². The zero-order chi connectivity index (χ0) is 8.15. The maximum atomic E-state index is 2.43. The van der Waals surface area contributed by atoms with Crippen LogP contribution in [0.2, 0.25) is 0 Å². The van der Waals surface area contributed by atoms with Crippen LogP contribution in [0.3, 0.4) is 0 Å². The average molecular weight is 198 g/mol. The van der Waals surface area contributed by atoms with Crippen LogP contribution in [-0.4, -0.2) is 22.1 Å². The van der Waals surface area contributed by atoms with Crippen LogP contribution in [-0.2, 0) is 0 Å². The number of halogens is 1. The van der Waals surface area contributed by atoms with Gasteiger partial charge in [0.15, 0.2) is 0 Å². The van der Waals surface area contributed by atoms with E-state index in [1.807, 2.05) is 11.9 Å². The molecule has 0 aromatic carbocycles. The summed E-state index contributed by atoms with van der Waals surface area (Å²) in [6, 6.07) is 1.31. The summed E-state index contributed by atoms with van der Waals surface area (Å²) in [6.07, 6.45) is 0. The topological polar surface area (TPSA) is 3.24 Å². The quantitative estimate of drug-likeness (QED) is 0.637. The van der Waals surface area contributed by atoms with Crippen LogP contribution in [0.4, 0.5) is 0 Å². The Morgan fingerprint density at radius 3 is 1.55 bits per heavy atom. The highest BCUT2D eigenvalue weighted by atomic mass is 35.5. The average Bonchev–Trinajstić information content (AvgIpc) is 1.81. The van der Waals surface area contributed by atoms with E-state index in [1.54, 1.807) is 0 Å². The van der Waals surface area contributed by atoms with E-state index in [-0.39, 0.29) is 12.4 Å². The van der Waals surface area contributed by atoms with Gasteiger partial charge in [-0.25, -0.2) is 4.31 Å². The van der Waals surface area contributed by atoms with Gasteiger partial charge in [-0.2, -0.15) is 0 Å². The van der Waals surface area contributed by atoms with Gasteiger partial charge in [0.25, 0.3) is 0 Å². The molecule has 0 aliphatic carbocycles. The van der Waals surface area contributed by atoms with Crippen molar-refractivity contribution in [2.24, 2.45) is 0 Å². The molecule has 0 bridgehead atoms. The predicted octanol–water partition coefficient (Wildman–Crippen LogP) is 3.20. The monoisotopic (exact) mass is 197 g/mol. The number of hydrogen-bond donors (Lipinski definition) is 0. The van der Waals surface area contributed by atoms with Crippen molar-refractivity contribution < 1.29 is 0 Å². The summed E-state index contributed by atoms with van der Waals surface area (Å²) in [4.78, 5) is 0. The third kappa shape index (κ3) is 5.83. The highest BCUT2D eigenvalue weighted by molar-refractivity contribution is 7.97. The maximum Gasteiger partial charge on any atom is 0.0148 e. The Hall–Kier alpha value is 0.600. The molecule has 0 radical (unpaired) electrons. The second-order valence-corrected chi connectivity index (χ2v) is 4.22. The van der Waals surface area contributed by atoms with E-state index in [0.29, 0.717) is 12.1 Å². The normalized spacial score (nSPS) is 10.9. The SMILES string of the molecule is CCSN(C(C)C)C(C)C.Cl. The van der Waals surface area contributed by atoms with Crippen LogP contribution in [0.1, 0.15) is 34.6 Å². The van der Waals surface area contributed by atoms with E-state index in [0.717, 1.165) is 0 Å². The van der Waals surface area contributed by atoms with Gasteiger partial charge in [-0.3, -0.25) is 0 Å². The zero-order valence-corrected chi connectivity index (χ0v) is 9.76. The fourth-order valence-electron chi connectivity index (χ4n) is 1.04. The van der Waals surface area contributed by atoms with Gasteiger partial charge in [0.1, 0.15) is 0 Å². The van der Waals surface area contributed by atoms with Gasteiger partial charge in [-0.15, -0.1) is 12.4 Å². The lowest BCUT2D eigenvalue weighted by Gasteiger charge is -2.28. The fourth-order valence-corrected chi connectivity index (χ4v) is 1.94. The molecule has 11 heavy (non-hydrogen) atoms. The third-order valence-electron chi connectivity index (χ3n) is 1.30. The number of rotatable bonds is 4. The fraction of sp³-hybridized carbons (Fsp3) is 1.00. The van der Waals surface area contributed by atoms with Crippen LogP contribution in [0.25, 0.3) is 0 Å². The van der Waals surface area contributed by atoms with E-state index in [1.165, 1.54) is 5.75 Å². The molecule has 0 atom stereocenters. The molecular weight excluding hydrogens is 178 g/mol. The summed E-state index contributed by atoms with van der Waals surface area (Å²) in [7, 11) is 0. The second kappa shape index (κ2) is 7.26. The zero-order valence-electron chi connectivity index (χ0n) is 8.13. The van der Waals surface area contributed by atoms with Crippen molar-refractivity contribution in [1.82, 2.24) is 4.31 Å². The van der Waals surface area contributed by atoms with Gasteiger partial charge in [-0.1, -0.05) is 18.9 Å². The van der Waals surface area contributed by atoms with Crippen molar-refractivity contribution in [1.29, 1.82) is 0 Å². The minimum absolute atomic E-state index is 0. The summed E-state index contributed by atoms with van der Waals surface area (Å²) in [5.74, 6) is 1.18. The van der Waals surface area contributed by atoms with E-state index in [9.17, 15) is 0 Å². The molecule has 0 aromatic heterocycles. The van der Waals surface area contributed by atoms with Crippen LogP contribution >= 0.6 is 24.4 Å². The molecule has 0 aromatic rings. The third-order valence-corrected chi connectivity index (χ3v) is 2.70. The van der Waals surface area contributed by atoms with E-state index >= 15 is 0 Å². The summed E-state index contributed by atoms with van der Waals surface area (Å²) in [6.45, 7) is 11.2. The summed E-state index contributed by atoms with van der Waals surface area (Å²) in [5.41, 5.74) is 0. The van der Waals surface area contributed by atoms with Gasteiger partial charge in [0.2, 0.25) is 0 Å². The minimum Gasteiger partial charge on any atom is -0.246 e. The van der Waals surface area contributed by atoms with E-state index < -0.39 is 0 Å². The van der Waals surface area contributed by atoms with Crippen LogP contribution in [0.15, 0.2) is 0 Å². The minimum atomic E-state index is 0. The van der Waals surface area contributed by atoms with Crippen molar-refractivity contribution in [3.63, 3.8) is 0 Å². The van der Waals surface area contributed by atoms with Crippen molar-refractivity contribution in [3.05, 3.63) is 0 Å². The van der Waals surface area contributed by atoms with Gasteiger partial charge < -0.3 is 0 Å². The standard InChI is InChI=1S/C8H19NS.ClH/c1-6-10-9(7(2)3)8(4)5;/h7-8H,6H2,1-5H3;1H. The molecular formula is C8H20ClNS. The second-order valence-electron chi connectivity index (χ2n) is 2.97. The first-order valence-corrected chi connectivity index (χ1v) is 4.95. The molecule has 0 fully saturated rings. The van der Waals surface area contributed by atoms with Crippen LogP contribution in [0, 0.1) is 0 Å². The lowest BCUT2D eigenvalue weighted by molar-refractivity contribution is 0.336. The summed E-state index contributed by atoms with van der Waals surface area (Å²) in [5, 5.41) is 0. The van der Waals surface area contributed by atoms with E-state index in [4.69, 9.17) is 0 Å².